The molecule has 0 aliphatic rings. The molecule has 0 saturated heterocycles. The van der Waals surface area contributed by atoms with Crippen LogP contribution in [-0.2, 0) is 58.9 Å². The fraction of sp³-hybridized carbons (Fsp3) is 0.366. The molecule has 1 unspecified atom stereocenters. The molecule has 272 valence electrons. The summed E-state index contributed by atoms with van der Waals surface area (Å²) < 4.78 is 44.0. The molecular formula is C41H51O8PSi. The molecule has 0 aromatic heterocycles. The number of benzene rings is 4. The van der Waals surface area contributed by atoms with Crippen LogP contribution in [0.4, 0.5) is 0 Å². The zero-order valence-corrected chi connectivity index (χ0v) is 32.3. The van der Waals surface area contributed by atoms with Gasteiger partial charge in [0.25, 0.3) is 0 Å². The van der Waals surface area contributed by atoms with Crippen molar-refractivity contribution in [2.24, 2.45) is 5.92 Å². The van der Waals surface area contributed by atoms with Gasteiger partial charge in [-0.25, -0.2) is 0 Å². The normalized spacial score (nSPS) is 13.5. The Kier molecular flexibility index (Phi) is 14.8. The largest absolute Gasteiger partial charge is 0.544 e. The Morgan fingerprint density at radius 2 is 1.18 bits per heavy atom. The lowest BCUT2D eigenvalue weighted by atomic mass is 10.1. The van der Waals surface area contributed by atoms with Gasteiger partial charge >= 0.3 is 19.5 Å². The third-order valence-corrected chi connectivity index (χ3v) is 15.3. The van der Waals surface area contributed by atoms with Gasteiger partial charge in [0, 0.05) is 6.42 Å². The third-order valence-electron chi connectivity index (χ3n) is 8.99. The average Bonchev–Trinajstić information content (AvgIpc) is 3.12. The molecule has 51 heavy (non-hydrogen) atoms. The van der Waals surface area contributed by atoms with E-state index in [1.54, 1.807) is 0 Å². The quantitative estimate of drug-likeness (QED) is 0.0535. The SMILES string of the molecule is CC(C)(C)[Si](C)(C)Oc1ccc(CCOP(=O)(C[C@@H](CCC(=O)OCc2ccccc2)C(=O)OCc2ccccc2)OCc2ccccc2)cc1. The number of esters is 2. The Morgan fingerprint density at radius 1 is 0.667 bits per heavy atom. The van der Waals surface area contributed by atoms with E-state index in [1.165, 1.54) is 0 Å². The lowest BCUT2D eigenvalue weighted by Crippen LogP contribution is -2.43. The summed E-state index contributed by atoms with van der Waals surface area (Å²) in [6.07, 6.45) is 0.200. The van der Waals surface area contributed by atoms with Crippen molar-refractivity contribution in [2.75, 3.05) is 12.8 Å². The van der Waals surface area contributed by atoms with Gasteiger partial charge in [-0.05, 0) is 65.4 Å². The van der Waals surface area contributed by atoms with E-state index in [0.717, 1.165) is 28.0 Å². The van der Waals surface area contributed by atoms with Gasteiger partial charge in [0.2, 0.25) is 8.32 Å². The van der Waals surface area contributed by atoms with Crippen molar-refractivity contribution in [2.45, 2.75) is 78.0 Å². The first-order chi connectivity index (χ1) is 24.3. The molecule has 0 saturated carbocycles. The minimum atomic E-state index is -3.88. The van der Waals surface area contributed by atoms with Crippen molar-refractivity contribution in [3.63, 3.8) is 0 Å². The highest BCUT2D eigenvalue weighted by Gasteiger charge is 2.39. The molecule has 4 aromatic rings. The monoisotopic (exact) mass is 730 g/mol. The Bertz CT molecular complexity index is 1690. The number of hydrogen-bond acceptors (Lipinski definition) is 8. The molecule has 0 aliphatic carbocycles. The van der Waals surface area contributed by atoms with Crippen molar-refractivity contribution in [3.05, 3.63) is 138 Å². The summed E-state index contributed by atoms with van der Waals surface area (Å²) in [5, 5.41) is 0.0781. The first-order valence-corrected chi connectivity index (χ1v) is 22.1. The van der Waals surface area contributed by atoms with Crippen LogP contribution in [0.2, 0.25) is 18.1 Å². The van der Waals surface area contributed by atoms with Crippen molar-refractivity contribution >= 4 is 27.9 Å². The van der Waals surface area contributed by atoms with Crippen molar-refractivity contribution in [1.82, 2.24) is 0 Å². The highest BCUT2D eigenvalue weighted by atomic mass is 31.2. The standard InChI is InChI=1S/C41H51O8PSi/c1-41(2,3)51(4,5)49-38-24-21-33(22-25-38)27-28-47-50(44,48-31-36-19-13-8-14-20-36)32-37(40(43)46-30-35-17-11-7-12-18-35)23-26-39(42)45-29-34-15-9-6-10-16-34/h6-22,24-25,37H,23,26-32H2,1-5H3/t37-,50?/m1/s1. The minimum absolute atomic E-state index is 0.0303. The summed E-state index contributed by atoms with van der Waals surface area (Å²) >= 11 is 0. The van der Waals surface area contributed by atoms with E-state index in [1.807, 2.05) is 115 Å². The van der Waals surface area contributed by atoms with Crippen molar-refractivity contribution in [1.29, 1.82) is 0 Å². The van der Waals surface area contributed by atoms with Crippen LogP contribution in [0.1, 0.15) is 55.9 Å². The average molecular weight is 731 g/mol. The lowest BCUT2D eigenvalue weighted by Gasteiger charge is -2.36. The van der Waals surface area contributed by atoms with E-state index >= 15 is 0 Å². The summed E-state index contributed by atoms with van der Waals surface area (Å²) in [4.78, 5) is 26.3. The summed E-state index contributed by atoms with van der Waals surface area (Å²) in [7, 11) is -5.86. The zero-order valence-electron chi connectivity index (χ0n) is 30.4. The van der Waals surface area contributed by atoms with Crippen molar-refractivity contribution in [3.8, 4) is 5.75 Å². The van der Waals surface area contributed by atoms with Crippen LogP contribution in [0.5, 0.6) is 5.75 Å². The maximum absolute atomic E-state index is 14.4. The molecule has 0 fully saturated rings. The summed E-state index contributed by atoms with van der Waals surface area (Å²) in [5.41, 5.74) is 3.46. The third kappa shape index (κ3) is 13.6. The zero-order chi connectivity index (χ0) is 36.7. The second-order valence-corrected chi connectivity index (χ2v) is 20.9. The lowest BCUT2D eigenvalue weighted by molar-refractivity contribution is -0.150. The Morgan fingerprint density at radius 3 is 1.71 bits per heavy atom. The van der Waals surface area contributed by atoms with E-state index in [2.05, 4.69) is 33.9 Å². The van der Waals surface area contributed by atoms with Crippen LogP contribution in [-0.4, -0.2) is 33.0 Å². The molecule has 10 heteroatoms. The second-order valence-electron chi connectivity index (χ2n) is 14.1. The molecule has 8 nitrogen and oxygen atoms in total. The van der Waals surface area contributed by atoms with Gasteiger partial charge in [-0.2, -0.15) is 0 Å². The van der Waals surface area contributed by atoms with Gasteiger partial charge in [0.1, 0.15) is 19.0 Å². The van der Waals surface area contributed by atoms with Gasteiger partial charge in [-0.15, -0.1) is 0 Å². The molecule has 0 amide bonds. The predicted molar refractivity (Wildman–Crippen MR) is 203 cm³/mol. The molecule has 0 aliphatic heterocycles. The highest BCUT2D eigenvalue weighted by molar-refractivity contribution is 7.53. The van der Waals surface area contributed by atoms with Crippen LogP contribution in [0.15, 0.2) is 115 Å². The number of hydrogen-bond donors (Lipinski definition) is 0. The summed E-state index contributed by atoms with van der Waals surface area (Å²) in [6, 6.07) is 35.9. The maximum Gasteiger partial charge on any atom is 0.331 e. The van der Waals surface area contributed by atoms with E-state index in [9.17, 15) is 14.2 Å². The molecule has 0 heterocycles. The van der Waals surface area contributed by atoms with Crippen LogP contribution in [0, 0.1) is 5.92 Å². The van der Waals surface area contributed by atoms with Crippen LogP contribution in [0.25, 0.3) is 0 Å². The molecule has 4 aromatic carbocycles. The van der Waals surface area contributed by atoms with E-state index < -0.39 is 33.8 Å². The molecule has 0 bridgehead atoms. The minimum Gasteiger partial charge on any atom is -0.544 e. The number of carbonyl (C=O) groups excluding carboxylic acids is 2. The Balaban J connectivity index is 1.45. The predicted octanol–water partition coefficient (Wildman–Crippen LogP) is 9.92. The highest BCUT2D eigenvalue weighted by Crippen LogP contribution is 2.51. The van der Waals surface area contributed by atoms with Gasteiger partial charge in [0.15, 0.2) is 0 Å². The fourth-order valence-electron chi connectivity index (χ4n) is 4.87. The molecular weight excluding hydrogens is 680 g/mol. The number of rotatable bonds is 19. The topological polar surface area (TPSA) is 97.4 Å². The van der Waals surface area contributed by atoms with Gasteiger partial charge in [0.05, 0.1) is 25.3 Å². The second kappa shape index (κ2) is 19.0. The first-order valence-electron chi connectivity index (χ1n) is 17.4. The van der Waals surface area contributed by atoms with Gasteiger partial charge in [-0.3, -0.25) is 14.2 Å². The molecule has 0 spiro atoms. The summed E-state index contributed by atoms with van der Waals surface area (Å²) in [6.45, 7) is 11.3. The van der Waals surface area contributed by atoms with Crippen molar-refractivity contribution < 1.29 is 37.1 Å². The summed E-state index contributed by atoms with van der Waals surface area (Å²) in [5.74, 6) is -1.17. The smallest absolute Gasteiger partial charge is 0.331 e. The molecule has 0 radical (unpaired) electrons. The number of ether oxygens (including phenoxy) is 2. The van der Waals surface area contributed by atoms with Crippen LogP contribution < -0.4 is 4.43 Å². The molecule has 0 N–H and O–H groups in total. The Labute approximate surface area is 304 Å². The fourth-order valence-corrected chi connectivity index (χ4v) is 7.77. The van der Waals surface area contributed by atoms with Gasteiger partial charge < -0.3 is 22.9 Å². The van der Waals surface area contributed by atoms with Gasteiger partial charge in [-0.1, -0.05) is 124 Å². The van der Waals surface area contributed by atoms with E-state index in [4.69, 9.17) is 22.9 Å². The van der Waals surface area contributed by atoms with Crippen LogP contribution in [0.3, 0.4) is 0 Å². The van der Waals surface area contributed by atoms with Crippen LogP contribution >= 0.6 is 7.60 Å². The molecule has 2 atom stereocenters. The Hall–Kier alpha value is -4.01. The maximum atomic E-state index is 14.4. The number of carbonyl (C=O) groups is 2. The first kappa shape index (κ1) is 39.8. The molecule has 4 rings (SSSR count). The van der Waals surface area contributed by atoms with E-state index in [0.29, 0.717) is 6.42 Å². The van der Waals surface area contributed by atoms with E-state index in [-0.39, 0.29) is 50.5 Å².